The zero-order chi connectivity index (χ0) is 18.6. The summed E-state index contributed by atoms with van der Waals surface area (Å²) >= 11 is 0. The van der Waals surface area contributed by atoms with Crippen LogP contribution >= 0.6 is 24.0 Å². The molecule has 0 saturated heterocycles. The summed E-state index contributed by atoms with van der Waals surface area (Å²) in [5, 5.41) is 6.51. The summed E-state index contributed by atoms with van der Waals surface area (Å²) in [6.45, 7) is 4.74. The number of primary amides is 1. The van der Waals surface area contributed by atoms with Crippen molar-refractivity contribution in [1.29, 1.82) is 0 Å². The molecule has 0 bridgehead atoms. The molecule has 0 radical (unpaired) electrons. The molecule has 146 valence electrons. The van der Waals surface area contributed by atoms with Gasteiger partial charge in [-0.3, -0.25) is 4.79 Å². The third-order valence-electron chi connectivity index (χ3n) is 3.63. The van der Waals surface area contributed by atoms with Crippen LogP contribution in [0.1, 0.15) is 29.3 Å². The van der Waals surface area contributed by atoms with Crippen LogP contribution in [0.2, 0.25) is 0 Å². The van der Waals surface area contributed by atoms with Crippen LogP contribution in [0.5, 0.6) is 5.75 Å². The van der Waals surface area contributed by atoms with Gasteiger partial charge >= 0.3 is 0 Å². The largest absolute Gasteiger partial charge is 0.494 e. The van der Waals surface area contributed by atoms with Crippen molar-refractivity contribution >= 4 is 35.8 Å². The number of ether oxygens (including phenoxy) is 1. The molecule has 2 rings (SSSR count). The summed E-state index contributed by atoms with van der Waals surface area (Å²) in [6.07, 6.45) is 0.868. The molecule has 0 heterocycles. The molecule has 2 aromatic carbocycles. The average Bonchev–Trinajstić information content (AvgIpc) is 2.67. The minimum atomic E-state index is -0.423. The molecule has 0 aliphatic heterocycles. The van der Waals surface area contributed by atoms with Gasteiger partial charge in [-0.25, -0.2) is 4.99 Å². The fourth-order valence-electron chi connectivity index (χ4n) is 2.27. The van der Waals surface area contributed by atoms with Gasteiger partial charge in [-0.1, -0.05) is 30.3 Å². The van der Waals surface area contributed by atoms with Crippen molar-refractivity contribution in [2.24, 2.45) is 10.7 Å². The van der Waals surface area contributed by atoms with Crippen LogP contribution in [0.4, 0.5) is 0 Å². The zero-order valence-electron chi connectivity index (χ0n) is 15.5. The van der Waals surface area contributed by atoms with Gasteiger partial charge in [0.1, 0.15) is 5.75 Å². The number of carbonyl (C=O) groups is 1. The molecule has 1 amide bonds. The van der Waals surface area contributed by atoms with E-state index in [4.69, 9.17) is 10.5 Å². The lowest BCUT2D eigenvalue weighted by atomic mass is 10.1. The molecule has 6 nitrogen and oxygen atoms in total. The lowest BCUT2D eigenvalue weighted by Crippen LogP contribution is -2.38. The Morgan fingerprint density at radius 3 is 2.41 bits per heavy atom. The molecule has 0 spiro atoms. The second kappa shape index (κ2) is 13.0. The second-order valence-corrected chi connectivity index (χ2v) is 5.70. The van der Waals surface area contributed by atoms with E-state index in [9.17, 15) is 4.79 Å². The number of rotatable bonds is 9. The molecular weight excluding hydrogens is 455 g/mol. The number of nitrogens with zero attached hydrogens (tertiary/aromatic N) is 1. The summed E-state index contributed by atoms with van der Waals surface area (Å²) in [7, 11) is 0. The first-order valence-corrected chi connectivity index (χ1v) is 8.78. The van der Waals surface area contributed by atoms with Crippen molar-refractivity contribution in [1.82, 2.24) is 10.6 Å². The Balaban J connectivity index is 0.00000364. The maximum absolute atomic E-state index is 11.1. The number of hydrogen-bond donors (Lipinski definition) is 3. The second-order valence-electron chi connectivity index (χ2n) is 5.70. The number of halogens is 1. The first-order valence-electron chi connectivity index (χ1n) is 8.78. The van der Waals surface area contributed by atoms with Crippen molar-refractivity contribution in [3.8, 4) is 5.75 Å². The number of para-hydroxylation sites is 1. The SMILES string of the molecule is CCNC(=NCc1ccc(C(N)=O)cc1)NCCCOc1ccccc1.I. The predicted octanol–water partition coefficient (Wildman–Crippen LogP) is 2.93. The van der Waals surface area contributed by atoms with Crippen molar-refractivity contribution in [3.63, 3.8) is 0 Å². The number of carbonyl (C=O) groups excluding carboxylic acids is 1. The van der Waals surface area contributed by atoms with E-state index in [1.807, 2.05) is 49.4 Å². The molecule has 0 aliphatic carbocycles. The normalized spacial score (nSPS) is 10.6. The summed E-state index contributed by atoms with van der Waals surface area (Å²) in [4.78, 5) is 15.6. The fourth-order valence-corrected chi connectivity index (χ4v) is 2.27. The molecule has 0 aromatic heterocycles. The average molecular weight is 482 g/mol. The minimum Gasteiger partial charge on any atom is -0.494 e. The first-order chi connectivity index (χ1) is 12.7. The van der Waals surface area contributed by atoms with Crippen molar-refractivity contribution in [2.75, 3.05) is 19.7 Å². The molecule has 0 aliphatic rings. The van der Waals surface area contributed by atoms with Gasteiger partial charge < -0.3 is 21.1 Å². The van der Waals surface area contributed by atoms with E-state index in [2.05, 4.69) is 15.6 Å². The molecule has 2 aromatic rings. The van der Waals surface area contributed by atoms with Gasteiger partial charge in [0, 0.05) is 18.7 Å². The number of nitrogens with one attached hydrogen (secondary N) is 2. The number of benzene rings is 2. The highest BCUT2D eigenvalue weighted by atomic mass is 127. The Kier molecular flexibility index (Phi) is 10.9. The Bertz CT molecular complexity index is 706. The monoisotopic (exact) mass is 482 g/mol. The molecule has 0 fully saturated rings. The third-order valence-corrected chi connectivity index (χ3v) is 3.63. The summed E-state index contributed by atoms with van der Waals surface area (Å²) in [6, 6.07) is 16.9. The van der Waals surface area contributed by atoms with Gasteiger partial charge in [-0.05, 0) is 43.2 Å². The number of guanidine groups is 1. The van der Waals surface area contributed by atoms with Gasteiger partial charge in [0.25, 0.3) is 0 Å². The van der Waals surface area contributed by atoms with Crippen LogP contribution in [-0.2, 0) is 6.54 Å². The van der Waals surface area contributed by atoms with Gasteiger partial charge in [0.05, 0.1) is 13.2 Å². The van der Waals surface area contributed by atoms with Crippen molar-refractivity contribution in [2.45, 2.75) is 19.9 Å². The summed E-state index contributed by atoms with van der Waals surface area (Å²) < 4.78 is 5.67. The smallest absolute Gasteiger partial charge is 0.248 e. The minimum absolute atomic E-state index is 0. The van der Waals surface area contributed by atoms with Gasteiger partial charge in [-0.15, -0.1) is 24.0 Å². The van der Waals surface area contributed by atoms with E-state index in [1.54, 1.807) is 12.1 Å². The lowest BCUT2D eigenvalue weighted by Gasteiger charge is -2.12. The van der Waals surface area contributed by atoms with Gasteiger partial charge in [0.15, 0.2) is 5.96 Å². The molecule has 0 atom stereocenters. The van der Waals surface area contributed by atoms with E-state index in [-0.39, 0.29) is 24.0 Å². The van der Waals surface area contributed by atoms with Crippen LogP contribution in [0.25, 0.3) is 0 Å². The number of nitrogens with two attached hydrogens (primary N) is 1. The highest BCUT2D eigenvalue weighted by Crippen LogP contribution is 2.08. The fraction of sp³-hybridized carbons (Fsp3) is 0.300. The highest BCUT2D eigenvalue weighted by Gasteiger charge is 2.01. The van der Waals surface area contributed by atoms with Gasteiger partial charge in [0.2, 0.25) is 5.91 Å². The Morgan fingerprint density at radius 2 is 1.78 bits per heavy atom. The van der Waals surface area contributed by atoms with Gasteiger partial charge in [-0.2, -0.15) is 0 Å². The zero-order valence-corrected chi connectivity index (χ0v) is 17.8. The third kappa shape index (κ3) is 8.76. The van der Waals surface area contributed by atoms with Crippen LogP contribution in [0, 0.1) is 0 Å². The molecule has 0 saturated carbocycles. The molecule has 7 heteroatoms. The highest BCUT2D eigenvalue weighted by molar-refractivity contribution is 14.0. The summed E-state index contributed by atoms with van der Waals surface area (Å²) in [5.74, 6) is 1.21. The van der Waals surface area contributed by atoms with Crippen molar-refractivity contribution in [3.05, 3.63) is 65.7 Å². The Labute approximate surface area is 177 Å². The van der Waals surface area contributed by atoms with E-state index in [0.29, 0.717) is 18.7 Å². The quantitative estimate of drug-likeness (QED) is 0.222. The predicted molar refractivity (Wildman–Crippen MR) is 120 cm³/mol. The maximum Gasteiger partial charge on any atom is 0.248 e. The van der Waals surface area contributed by atoms with E-state index < -0.39 is 5.91 Å². The topological polar surface area (TPSA) is 88.7 Å². The molecule has 0 unspecified atom stereocenters. The van der Waals surface area contributed by atoms with Crippen LogP contribution in [-0.4, -0.2) is 31.6 Å². The van der Waals surface area contributed by atoms with Crippen LogP contribution in [0.15, 0.2) is 59.6 Å². The van der Waals surface area contributed by atoms with Crippen LogP contribution in [0.3, 0.4) is 0 Å². The molecular formula is C20H27IN4O2. The molecule has 27 heavy (non-hydrogen) atoms. The van der Waals surface area contributed by atoms with E-state index >= 15 is 0 Å². The van der Waals surface area contributed by atoms with Crippen LogP contribution < -0.4 is 21.1 Å². The van der Waals surface area contributed by atoms with E-state index in [1.165, 1.54) is 0 Å². The number of aliphatic imine (C=N–C) groups is 1. The molecule has 4 N–H and O–H groups in total. The Hall–Kier alpha value is -2.29. The van der Waals surface area contributed by atoms with Crippen molar-refractivity contribution < 1.29 is 9.53 Å². The summed E-state index contributed by atoms with van der Waals surface area (Å²) in [5.41, 5.74) is 6.76. The van der Waals surface area contributed by atoms with E-state index in [0.717, 1.165) is 36.8 Å². The number of amides is 1. The first kappa shape index (κ1) is 22.8. The Morgan fingerprint density at radius 1 is 1.07 bits per heavy atom. The maximum atomic E-state index is 11.1. The standard InChI is InChI=1S/C20H26N4O2.HI/c1-2-22-20(23-13-6-14-26-18-7-4-3-5-8-18)24-15-16-9-11-17(12-10-16)19(21)25;/h3-5,7-12H,2,6,13-15H2,1H3,(H2,21,25)(H2,22,23,24);1H. The number of hydrogen-bond acceptors (Lipinski definition) is 3. The lowest BCUT2D eigenvalue weighted by molar-refractivity contribution is 0.100.